The lowest BCUT2D eigenvalue weighted by molar-refractivity contribution is 0.101. The summed E-state index contributed by atoms with van der Waals surface area (Å²) in [6, 6.07) is 21.5. The molecule has 2 aromatic carbocycles. The number of nitrogens with zero attached hydrogens (tertiary/aromatic N) is 3. The Kier molecular flexibility index (Phi) is 5.86. The van der Waals surface area contributed by atoms with Crippen molar-refractivity contribution in [3.05, 3.63) is 89.3 Å². The van der Waals surface area contributed by atoms with Crippen molar-refractivity contribution in [2.24, 2.45) is 4.99 Å². The third-order valence-corrected chi connectivity index (χ3v) is 5.13. The minimum Gasteiger partial charge on any atom is -0.337 e. The van der Waals surface area contributed by atoms with Crippen LogP contribution in [0.15, 0.2) is 71.7 Å². The average molecular weight is 394 g/mol. The first-order valence-corrected chi connectivity index (χ1v) is 10.1. The molecule has 0 unspecified atom stereocenters. The van der Waals surface area contributed by atoms with E-state index in [1.807, 2.05) is 77.4 Å². The molecule has 1 amide bonds. The molecule has 0 atom stereocenters. The molecule has 148 valence electrons. The molecule has 0 aliphatic carbocycles. The number of aliphatic imine (C=N–C) groups is 1. The van der Waals surface area contributed by atoms with Gasteiger partial charge in [-0.15, -0.1) is 0 Å². The van der Waals surface area contributed by atoms with Crippen LogP contribution in [0.1, 0.15) is 40.2 Å². The molecule has 0 saturated carbocycles. The van der Waals surface area contributed by atoms with Crippen molar-refractivity contribution in [3.63, 3.8) is 0 Å². The normalized spacial score (nSPS) is 13.3. The molecule has 2 heterocycles. The highest BCUT2D eigenvalue weighted by atomic mass is 16.2. The van der Waals surface area contributed by atoms with Gasteiger partial charge in [0.25, 0.3) is 5.91 Å². The van der Waals surface area contributed by atoms with E-state index in [-0.39, 0.29) is 5.91 Å². The molecule has 0 fully saturated rings. The molecule has 0 radical (unpaired) electrons. The van der Waals surface area contributed by atoms with Gasteiger partial charge in [-0.05, 0) is 43.0 Å². The fourth-order valence-electron chi connectivity index (χ4n) is 3.74. The van der Waals surface area contributed by atoms with E-state index >= 15 is 0 Å². The maximum atomic E-state index is 13.2. The molecule has 0 bridgehead atoms. The average Bonchev–Trinajstić information content (AvgIpc) is 3.11. The topological polar surface area (TPSA) is 70.2 Å². The monoisotopic (exact) mass is 394 g/mol. The Morgan fingerprint density at radius 2 is 1.80 bits per heavy atom. The SMILES string of the molecule is N#Cc1c(N=CC=Cc2ccccc2)c(C(=O)Nc2ccccc2)n2c1CCCC2. The number of para-hydroxylation sites is 1. The van der Waals surface area contributed by atoms with Crippen molar-refractivity contribution < 1.29 is 4.79 Å². The molecule has 4 rings (SSSR count). The second-order valence-electron chi connectivity index (χ2n) is 7.11. The highest BCUT2D eigenvalue weighted by Gasteiger charge is 2.28. The summed E-state index contributed by atoms with van der Waals surface area (Å²) in [7, 11) is 0. The number of nitriles is 1. The number of anilines is 1. The van der Waals surface area contributed by atoms with Crippen LogP contribution >= 0.6 is 0 Å². The third-order valence-electron chi connectivity index (χ3n) is 5.13. The van der Waals surface area contributed by atoms with Crippen molar-refractivity contribution in [1.29, 1.82) is 5.26 Å². The predicted molar refractivity (Wildman–Crippen MR) is 120 cm³/mol. The Morgan fingerprint density at radius 1 is 1.07 bits per heavy atom. The van der Waals surface area contributed by atoms with Crippen LogP contribution in [0, 0.1) is 11.3 Å². The number of benzene rings is 2. The van der Waals surface area contributed by atoms with Gasteiger partial charge in [0.05, 0.1) is 5.56 Å². The summed E-state index contributed by atoms with van der Waals surface area (Å²) in [6.45, 7) is 0.719. The highest BCUT2D eigenvalue weighted by molar-refractivity contribution is 6.08. The number of rotatable bonds is 5. The zero-order valence-corrected chi connectivity index (χ0v) is 16.6. The lowest BCUT2D eigenvalue weighted by Gasteiger charge is -2.17. The highest BCUT2D eigenvalue weighted by Crippen LogP contribution is 2.34. The number of carbonyl (C=O) groups is 1. The molecule has 5 heteroatoms. The van der Waals surface area contributed by atoms with E-state index < -0.39 is 0 Å². The lowest BCUT2D eigenvalue weighted by Crippen LogP contribution is -2.20. The van der Waals surface area contributed by atoms with E-state index in [4.69, 9.17) is 0 Å². The van der Waals surface area contributed by atoms with Crippen LogP contribution in [0.4, 0.5) is 11.4 Å². The lowest BCUT2D eigenvalue weighted by atomic mass is 10.1. The molecule has 1 aliphatic heterocycles. The maximum absolute atomic E-state index is 13.2. The maximum Gasteiger partial charge on any atom is 0.274 e. The summed E-state index contributed by atoms with van der Waals surface area (Å²) in [5, 5.41) is 12.7. The van der Waals surface area contributed by atoms with Crippen LogP contribution in [0.5, 0.6) is 0 Å². The molecule has 5 nitrogen and oxygen atoms in total. The number of nitrogens with one attached hydrogen (secondary N) is 1. The zero-order valence-electron chi connectivity index (χ0n) is 16.6. The summed E-state index contributed by atoms with van der Waals surface area (Å²) in [5.74, 6) is -0.245. The summed E-state index contributed by atoms with van der Waals surface area (Å²) in [4.78, 5) is 17.7. The number of carbonyl (C=O) groups excluding carboxylic acids is 1. The fraction of sp³-hybridized carbons (Fsp3) is 0.160. The van der Waals surface area contributed by atoms with Gasteiger partial charge in [-0.2, -0.15) is 5.26 Å². The molecule has 1 aromatic heterocycles. The van der Waals surface area contributed by atoms with Crippen LogP contribution in [0.25, 0.3) is 6.08 Å². The first-order chi connectivity index (χ1) is 14.8. The van der Waals surface area contributed by atoms with Gasteiger partial charge in [0.2, 0.25) is 0 Å². The smallest absolute Gasteiger partial charge is 0.274 e. The van der Waals surface area contributed by atoms with Gasteiger partial charge in [-0.3, -0.25) is 9.79 Å². The number of aromatic nitrogens is 1. The minimum absolute atomic E-state index is 0.245. The first-order valence-electron chi connectivity index (χ1n) is 10.1. The van der Waals surface area contributed by atoms with Crippen LogP contribution in [0.2, 0.25) is 0 Å². The van der Waals surface area contributed by atoms with E-state index in [9.17, 15) is 10.1 Å². The molecule has 0 saturated heterocycles. The van der Waals surface area contributed by atoms with Crippen molar-refractivity contribution in [2.45, 2.75) is 25.8 Å². The number of amides is 1. The number of allylic oxidation sites excluding steroid dienone is 1. The van der Waals surface area contributed by atoms with Gasteiger partial charge >= 0.3 is 0 Å². The van der Waals surface area contributed by atoms with Crippen LogP contribution in [-0.2, 0) is 13.0 Å². The molecule has 1 N–H and O–H groups in total. The van der Waals surface area contributed by atoms with E-state index in [2.05, 4.69) is 16.4 Å². The minimum atomic E-state index is -0.245. The largest absolute Gasteiger partial charge is 0.337 e. The Balaban J connectivity index is 1.70. The standard InChI is InChI=1S/C25H22N4O/c26-18-21-22-15-7-8-17-29(22)24(25(30)28-20-13-5-2-6-14-20)23(21)27-16-9-12-19-10-3-1-4-11-19/h1-6,9-14,16H,7-8,15,17H2,(H,28,30). The van der Waals surface area contributed by atoms with Crippen molar-refractivity contribution in [3.8, 4) is 6.07 Å². The molecule has 0 spiro atoms. The van der Waals surface area contributed by atoms with Crippen LogP contribution in [-0.4, -0.2) is 16.7 Å². The van der Waals surface area contributed by atoms with Gasteiger partial charge in [0, 0.05) is 24.1 Å². The zero-order chi connectivity index (χ0) is 20.8. The van der Waals surface area contributed by atoms with E-state index in [1.54, 1.807) is 6.21 Å². The Hall–Kier alpha value is -3.91. The van der Waals surface area contributed by atoms with Crippen LogP contribution in [0.3, 0.4) is 0 Å². The quantitative estimate of drug-likeness (QED) is 0.592. The van der Waals surface area contributed by atoms with Gasteiger partial charge in [-0.25, -0.2) is 0 Å². The summed E-state index contributed by atoms with van der Waals surface area (Å²) in [5.41, 5.74) is 4.07. The third kappa shape index (κ3) is 4.08. The fourth-order valence-corrected chi connectivity index (χ4v) is 3.74. The van der Waals surface area contributed by atoms with E-state index in [0.717, 1.165) is 37.1 Å². The van der Waals surface area contributed by atoms with Gasteiger partial charge in [0.1, 0.15) is 17.5 Å². The van der Waals surface area contributed by atoms with E-state index in [0.29, 0.717) is 22.6 Å². The predicted octanol–water partition coefficient (Wildman–Crippen LogP) is 5.36. The molecular formula is C25H22N4O. The van der Waals surface area contributed by atoms with Gasteiger partial charge in [0.15, 0.2) is 0 Å². The van der Waals surface area contributed by atoms with Crippen molar-refractivity contribution in [1.82, 2.24) is 4.57 Å². The van der Waals surface area contributed by atoms with Crippen molar-refractivity contribution >= 4 is 29.6 Å². The Labute approximate surface area is 176 Å². The van der Waals surface area contributed by atoms with Gasteiger partial charge < -0.3 is 9.88 Å². The second kappa shape index (κ2) is 9.06. The van der Waals surface area contributed by atoms with Crippen LogP contribution < -0.4 is 5.32 Å². The summed E-state index contributed by atoms with van der Waals surface area (Å²) in [6.07, 6.45) is 8.18. The van der Waals surface area contributed by atoms with Gasteiger partial charge in [-0.1, -0.05) is 54.6 Å². The number of fused-ring (bicyclic) bond motifs is 1. The number of hydrogen-bond acceptors (Lipinski definition) is 3. The Bertz CT molecular complexity index is 1140. The molecule has 1 aliphatic rings. The molecular weight excluding hydrogens is 372 g/mol. The Morgan fingerprint density at radius 3 is 2.53 bits per heavy atom. The summed E-state index contributed by atoms with van der Waals surface area (Å²) >= 11 is 0. The molecule has 3 aromatic rings. The molecule has 30 heavy (non-hydrogen) atoms. The van der Waals surface area contributed by atoms with Crippen molar-refractivity contribution in [2.75, 3.05) is 5.32 Å². The summed E-state index contributed by atoms with van der Waals surface area (Å²) < 4.78 is 1.97. The van der Waals surface area contributed by atoms with E-state index in [1.165, 1.54) is 0 Å². The second-order valence-corrected chi connectivity index (χ2v) is 7.11. The first kappa shape index (κ1) is 19.4. The number of hydrogen-bond donors (Lipinski definition) is 1.